The molecular weight excluding hydrogens is 254 g/mol. The molecule has 0 aliphatic rings. The first kappa shape index (κ1) is 15.8. The van der Waals surface area contributed by atoms with Crippen molar-refractivity contribution in [1.29, 1.82) is 0 Å². The maximum absolute atomic E-state index is 2.41. The Morgan fingerprint density at radius 2 is 1.38 bits per heavy atom. The van der Waals surface area contributed by atoms with Crippen LogP contribution < -0.4 is 0 Å². The molecule has 0 bridgehead atoms. The standard InChI is InChI=1S/C20H27N/c1-20(16-17-21(2)3,19-12-8-5-9-13-19)15-14-18-10-6-4-7-11-18/h4-13H,14-17H2,1-3H3. The van der Waals surface area contributed by atoms with Crippen molar-refractivity contribution in [3.8, 4) is 0 Å². The minimum Gasteiger partial charge on any atom is -0.309 e. The van der Waals surface area contributed by atoms with Gasteiger partial charge in [0.25, 0.3) is 0 Å². The molecule has 0 N–H and O–H groups in total. The smallest absolute Gasteiger partial charge is 0.00164 e. The number of benzene rings is 2. The lowest BCUT2D eigenvalue weighted by molar-refractivity contribution is 0.315. The molecule has 0 saturated heterocycles. The molecule has 1 atom stereocenters. The molecule has 0 aromatic heterocycles. The van der Waals surface area contributed by atoms with Crippen LogP contribution in [0.3, 0.4) is 0 Å². The molecule has 0 amide bonds. The van der Waals surface area contributed by atoms with E-state index in [1.807, 2.05) is 0 Å². The van der Waals surface area contributed by atoms with Gasteiger partial charge in [0.2, 0.25) is 0 Å². The molecule has 1 unspecified atom stereocenters. The number of hydrogen-bond acceptors (Lipinski definition) is 1. The average Bonchev–Trinajstić information content (AvgIpc) is 2.53. The first-order chi connectivity index (χ1) is 10.1. The van der Waals surface area contributed by atoms with Crippen molar-refractivity contribution in [2.75, 3.05) is 20.6 Å². The first-order valence-corrected chi connectivity index (χ1v) is 7.84. The van der Waals surface area contributed by atoms with Gasteiger partial charge < -0.3 is 4.90 Å². The Kier molecular flexibility index (Phi) is 5.58. The molecule has 1 nitrogen and oxygen atoms in total. The Morgan fingerprint density at radius 1 is 0.810 bits per heavy atom. The van der Waals surface area contributed by atoms with Crippen LogP contribution in [0.2, 0.25) is 0 Å². The van der Waals surface area contributed by atoms with Crippen LogP contribution in [0.1, 0.15) is 30.9 Å². The maximum Gasteiger partial charge on any atom is -0.00164 e. The SMILES string of the molecule is CN(C)CCC(C)(CCc1ccccc1)c1ccccc1. The molecule has 0 fully saturated rings. The highest BCUT2D eigenvalue weighted by Crippen LogP contribution is 2.32. The maximum atomic E-state index is 2.41. The van der Waals surface area contributed by atoms with Crippen molar-refractivity contribution in [1.82, 2.24) is 4.90 Å². The first-order valence-electron chi connectivity index (χ1n) is 7.84. The zero-order chi connectivity index (χ0) is 15.1. The molecule has 0 aliphatic carbocycles. The summed E-state index contributed by atoms with van der Waals surface area (Å²) in [5, 5.41) is 0. The van der Waals surface area contributed by atoms with Gasteiger partial charge in [-0.05, 0) is 56.4 Å². The van der Waals surface area contributed by atoms with E-state index < -0.39 is 0 Å². The fourth-order valence-electron chi connectivity index (χ4n) is 2.79. The predicted molar refractivity (Wildman–Crippen MR) is 91.7 cm³/mol. The molecule has 0 saturated carbocycles. The number of hydrogen-bond donors (Lipinski definition) is 0. The van der Waals surface area contributed by atoms with E-state index >= 15 is 0 Å². The van der Waals surface area contributed by atoms with Gasteiger partial charge in [-0.25, -0.2) is 0 Å². The number of nitrogens with zero attached hydrogens (tertiary/aromatic N) is 1. The fraction of sp³-hybridized carbons (Fsp3) is 0.400. The molecule has 0 spiro atoms. The summed E-state index contributed by atoms with van der Waals surface area (Å²) in [6.07, 6.45) is 3.52. The van der Waals surface area contributed by atoms with E-state index in [9.17, 15) is 0 Å². The molecule has 21 heavy (non-hydrogen) atoms. The molecule has 1 heteroatoms. The highest BCUT2D eigenvalue weighted by molar-refractivity contribution is 5.25. The molecule has 2 aromatic rings. The monoisotopic (exact) mass is 281 g/mol. The number of rotatable bonds is 7. The third-order valence-electron chi connectivity index (χ3n) is 4.39. The van der Waals surface area contributed by atoms with E-state index in [0.29, 0.717) is 0 Å². The van der Waals surface area contributed by atoms with E-state index in [2.05, 4.69) is 86.6 Å². The van der Waals surface area contributed by atoms with E-state index in [-0.39, 0.29) is 5.41 Å². The van der Waals surface area contributed by atoms with Gasteiger partial charge >= 0.3 is 0 Å². The summed E-state index contributed by atoms with van der Waals surface area (Å²) < 4.78 is 0. The van der Waals surface area contributed by atoms with Crippen molar-refractivity contribution in [3.63, 3.8) is 0 Å². The third kappa shape index (κ3) is 4.71. The van der Waals surface area contributed by atoms with Crippen LogP contribution in [0.5, 0.6) is 0 Å². The van der Waals surface area contributed by atoms with E-state index in [1.165, 1.54) is 24.0 Å². The largest absolute Gasteiger partial charge is 0.309 e. The van der Waals surface area contributed by atoms with Crippen LogP contribution in [-0.4, -0.2) is 25.5 Å². The van der Waals surface area contributed by atoms with Gasteiger partial charge in [0.05, 0.1) is 0 Å². The third-order valence-corrected chi connectivity index (χ3v) is 4.39. The van der Waals surface area contributed by atoms with Gasteiger partial charge in [-0.2, -0.15) is 0 Å². The molecule has 2 rings (SSSR count). The summed E-state index contributed by atoms with van der Waals surface area (Å²) in [6, 6.07) is 21.8. The second kappa shape index (κ2) is 7.42. The van der Waals surface area contributed by atoms with Crippen LogP contribution in [0.4, 0.5) is 0 Å². The second-order valence-electron chi connectivity index (χ2n) is 6.47. The van der Waals surface area contributed by atoms with Crippen molar-refractivity contribution in [2.24, 2.45) is 0 Å². The summed E-state index contributed by atoms with van der Waals surface area (Å²) in [4.78, 5) is 2.28. The molecule has 0 heterocycles. The van der Waals surface area contributed by atoms with Crippen LogP contribution in [0, 0.1) is 0 Å². The van der Waals surface area contributed by atoms with Gasteiger partial charge in [0.15, 0.2) is 0 Å². The Bertz CT molecular complexity index is 518. The van der Waals surface area contributed by atoms with Crippen molar-refractivity contribution in [2.45, 2.75) is 31.6 Å². The molecule has 112 valence electrons. The summed E-state index contributed by atoms with van der Waals surface area (Å²) in [5.41, 5.74) is 3.13. The normalized spacial score (nSPS) is 14.1. The Labute approximate surface area is 129 Å². The van der Waals surface area contributed by atoms with Gasteiger partial charge in [-0.15, -0.1) is 0 Å². The average molecular weight is 281 g/mol. The summed E-state index contributed by atoms with van der Waals surface area (Å²) in [5.74, 6) is 0. The minimum absolute atomic E-state index is 0.237. The topological polar surface area (TPSA) is 3.24 Å². The lowest BCUT2D eigenvalue weighted by atomic mass is 9.75. The van der Waals surface area contributed by atoms with Gasteiger partial charge in [0, 0.05) is 0 Å². The molecule has 2 aromatic carbocycles. The lowest BCUT2D eigenvalue weighted by Gasteiger charge is -2.32. The highest BCUT2D eigenvalue weighted by Gasteiger charge is 2.26. The van der Waals surface area contributed by atoms with E-state index in [4.69, 9.17) is 0 Å². The summed E-state index contributed by atoms with van der Waals surface area (Å²) in [6.45, 7) is 3.54. The van der Waals surface area contributed by atoms with Crippen LogP contribution in [0.15, 0.2) is 60.7 Å². The molecule has 0 aliphatic heterocycles. The second-order valence-corrected chi connectivity index (χ2v) is 6.47. The van der Waals surface area contributed by atoms with Gasteiger partial charge in [-0.1, -0.05) is 67.6 Å². The fourth-order valence-corrected chi connectivity index (χ4v) is 2.79. The predicted octanol–water partition coefficient (Wildman–Crippen LogP) is 4.53. The van der Waals surface area contributed by atoms with Crippen LogP contribution in [0.25, 0.3) is 0 Å². The van der Waals surface area contributed by atoms with Crippen molar-refractivity contribution >= 4 is 0 Å². The minimum atomic E-state index is 0.237. The zero-order valence-electron chi connectivity index (χ0n) is 13.5. The van der Waals surface area contributed by atoms with Crippen molar-refractivity contribution in [3.05, 3.63) is 71.8 Å². The van der Waals surface area contributed by atoms with E-state index in [0.717, 1.165) is 13.0 Å². The van der Waals surface area contributed by atoms with Crippen molar-refractivity contribution < 1.29 is 0 Å². The Morgan fingerprint density at radius 3 is 1.95 bits per heavy atom. The lowest BCUT2D eigenvalue weighted by Crippen LogP contribution is -2.28. The Balaban J connectivity index is 2.12. The quantitative estimate of drug-likeness (QED) is 0.721. The van der Waals surface area contributed by atoms with Gasteiger partial charge in [-0.3, -0.25) is 0 Å². The highest BCUT2D eigenvalue weighted by atomic mass is 15.0. The van der Waals surface area contributed by atoms with E-state index in [1.54, 1.807) is 0 Å². The number of aryl methyl sites for hydroxylation is 1. The summed E-state index contributed by atoms with van der Waals surface area (Å²) >= 11 is 0. The summed E-state index contributed by atoms with van der Waals surface area (Å²) in [7, 11) is 4.31. The zero-order valence-corrected chi connectivity index (χ0v) is 13.5. The Hall–Kier alpha value is -1.60. The molecule has 0 radical (unpaired) electrons. The molecular formula is C20H27N. The van der Waals surface area contributed by atoms with Crippen LogP contribution in [-0.2, 0) is 11.8 Å². The van der Waals surface area contributed by atoms with Gasteiger partial charge in [0.1, 0.15) is 0 Å². The van der Waals surface area contributed by atoms with Crippen LogP contribution >= 0.6 is 0 Å².